The minimum absolute atomic E-state index is 0.669. The predicted molar refractivity (Wildman–Crippen MR) is 92.1 cm³/mol. The highest BCUT2D eigenvalue weighted by molar-refractivity contribution is 7.80. The van der Waals surface area contributed by atoms with Gasteiger partial charge in [-0.25, -0.2) is 0 Å². The third-order valence-electron chi connectivity index (χ3n) is 3.54. The van der Waals surface area contributed by atoms with Crippen LogP contribution in [0, 0.1) is 0 Å². The van der Waals surface area contributed by atoms with Crippen molar-refractivity contribution in [1.29, 1.82) is 0 Å². The van der Waals surface area contributed by atoms with E-state index in [9.17, 15) is 0 Å². The first-order valence-electron chi connectivity index (χ1n) is 7.78. The number of nitrogens with zero attached hydrogens (tertiary/aromatic N) is 1. The number of hydrogen-bond donors (Lipinski definition) is 2. The molecule has 116 valence electrons. The topological polar surface area (TPSA) is 36.5 Å². The molecular formula is C16H25N3OS. The van der Waals surface area contributed by atoms with Crippen LogP contribution in [0.15, 0.2) is 24.3 Å². The summed E-state index contributed by atoms with van der Waals surface area (Å²) in [6, 6.07) is 7.85. The van der Waals surface area contributed by atoms with Crippen molar-refractivity contribution in [1.82, 2.24) is 10.2 Å². The molecule has 5 heteroatoms. The summed E-state index contributed by atoms with van der Waals surface area (Å²) >= 11 is 5.32. The van der Waals surface area contributed by atoms with Gasteiger partial charge in [-0.2, -0.15) is 0 Å². The highest BCUT2D eigenvalue weighted by atomic mass is 32.1. The molecule has 1 fully saturated rings. The van der Waals surface area contributed by atoms with Crippen LogP contribution in [0.5, 0.6) is 5.75 Å². The van der Waals surface area contributed by atoms with Crippen LogP contribution in [0.2, 0.25) is 0 Å². The van der Waals surface area contributed by atoms with Gasteiger partial charge in [0.25, 0.3) is 0 Å². The van der Waals surface area contributed by atoms with Crippen LogP contribution in [-0.4, -0.2) is 42.8 Å². The molecule has 1 aliphatic heterocycles. The van der Waals surface area contributed by atoms with E-state index in [-0.39, 0.29) is 0 Å². The van der Waals surface area contributed by atoms with Crippen LogP contribution in [0.1, 0.15) is 26.2 Å². The van der Waals surface area contributed by atoms with E-state index in [2.05, 4.69) is 15.5 Å². The van der Waals surface area contributed by atoms with Crippen LogP contribution in [0.3, 0.4) is 0 Å². The summed E-state index contributed by atoms with van der Waals surface area (Å²) in [6.07, 6.45) is 3.83. The van der Waals surface area contributed by atoms with E-state index in [1.165, 1.54) is 25.9 Å². The maximum atomic E-state index is 5.47. The molecule has 0 spiro atoms. The third kappa shape index (κ3) is 5.89. The Balaban J connectivity index is 1.65. The Morgan fingerprint density at radius 2 is 2.14 bits per heavy atom. The summed E-state index contributed by atoms with van der Waals surface area (Å²) in [4.78, 5) is 2.52. The van der Waals surface area contributed by atoms with Gasteiger partial charge >= 0.3 is 0 Å². The first kappa shape index (κ1) is 16.0. The molecule has 1 aromatic carbocycles. The van der Waals surface area contributed by atoms with Crippen LogP contribution in [-0.2, 0) is 0 Å². The molecule has 2 N–H and O–H groups in total. The van der Waals surface area contributed by atoms with Crippen LogP contribution in [0.4, 0.5) is 5.69 Å². The van der Waals surface area contributed by atoms with E-state index >= 15 is 0 Å². The molecule has 0 bridgehead atoms. The lowest BCUT2D eigenvalue weighted by Gasteiger charge is -2.15. The van der Waals surface area contributed by atoms with E-state index < -0.39 is 0 Å². The average Bonchev–Trinajstić information content (AvgIpc) is 2.98. The number of hydrogen-bond acceptors (Lipinski definition) is 3. The third-order valence-corrected chi connectivity index (χ3v) is 3.78. The van der Waals surface area contributed by atoms with Crippen molar-refractivity contribution in [3.8, 4) is 5.75 Å². The zero-order chi connectivity index (χ0) is 14.9. The second-order valence-electron chi connectivity index (χ2n) is 5.24. The number of nitrogens with one attached hydrogen (secondary N) is 2. The number of benzene rings is 1. The van der Waals surface area contributed by atoms with Gasteiger partial charge in [0.05, 0.1) is 6.61 Å². The fourth-order valence-electron chi connectivity index (χ4n) is 2.52. The Kier molecular flexibility index (Phi) is 6.76. The van der Waals surface area contributed by atoms with E-state index in [1.807, 2.05) is 31.2 Å². The summed E-state index contributed by atoms with van der Waals surface area (Å²) < 4.78 is 5.47. The SMILES string of the molecule is CCOc1cccc(NC(=S)NCCCN2CCCC2)c1. The average molecular weight is 307 g/mol. The second kappa shape index (κ2) is 8.85. The maximum Gasteiger partial charge on any atom is 0.170 e. The molecule has 0 atom stereocenters. The molecule has 2 rings (SSSR count). The van der Waals surface area contributed by atoms with Gasteiger partial charge in [-0.1, -0.05) is 6.07 Å². The molecule has 1 saturated heterocycles. The van der Waals surface area contributed by atoms with Gasteiger partial charge in [0.1, 0.15) is 5.75 Å². The lowest BCUT2D eigenvalue weighted by Crippen LogP contribution is -2.31. The predicted octanol–water partition coefficient (Wildman–Crippen LogP) is 2.86. The molecule has 1 heterocycles. The van der Waals surface area contributed by atoms with Gasteiger partial charge in [0.2, 0.25) is 0 Å². The number of thiocarbonyl (C=S) groups is 1. The van der Waals surface area contributed by atoms with Gasteiger partial charge in [0, 0.05) is 18.3 Å². The van der Waals surface area contributed by atoms with E-state index in [4.69, 9.17) is 17.0 Å². The minimum atomic E-state index is 0.669. The monoisotopic (exact) mass is 307 g/mol. The Bertz CT molecular complexity index is 447. The fraction of sp³-hybridized carbons (Fsp3) is 0.562. The molecule has 0 saturated carbocycles. The van der Waals surface area contributed by atoms with Crippen molar-refractivity contribution in [3.63, 3.8) is 0 Å². The zero-order valence-electron chi connectivity index (χ0n) is 12.7. The molecule has 0 aliphatic carbocycles. The Labute approximate surface area is 132 Å². The number of anilines is 1. The van der Waals surface area contributed by atoms with Crippen molar-refractivity contribution < 1.29 is 4.74 Å². The van der Waals surface area contributed by atoms with Crippen molar-refractivity contribution in [2.45, 2.75) is 26.2 Å². The molecular weight excluding hydrogens is 282 g/mol. The standard InChI is InChI=1S/C16H25N3OS/c1-2-20-15-8-5-7-14(13-15)18-16(21)17-9-6-12-19-10-3-4-11-19/h5,7-8,13H,2-4,6,9-12H2,1H3,(H2,17,18,21). The van der Waals surface area contributed by atoms with Crippen molar-refractivity contribution >= 4 is 23.0 Å². The summed E-state index contributed by atoms with van der Waals surface area (Å²) in [5, 5.41) is 7.13. The zero-order valence-corrected chi connectivity index (χ0v) is 13.5. The molecule has 0 aromatic heterocycles. The first-order chi connectivity index (χ1) is 10.3. The minimum Gasteiger partial charge on any atom is -0.494 e. The lowest BCUT2D eigenvalue weighted by molar-refractivity contribution is 0.334. The quantitative estimate of drug-likeness (QED) is 0.598. The number of rotatable bonds is 7. The summed E-state index contributed by atoms with van der Waals surface area (Å²) in [7, 11) is 0. The van der Waals surface area contributed by atoms with Gasteiger partial charge in [0.15, 0.2) is 5.11 Å². The van der Waals surface area contributed by atoms with Gasteiger partial charge in [-0.3, -0.25) is 0 Å². The van der Waals surface area contributed by atoms with Crippen LogP contribution in [0.25, 0.3) is 0 Å². The molecule has 4 nitrogen and oxygen atoms in total. The van der Waals surface area contributed by atoms with Gasteiger partial charge in [-0.05, 0) is 70.2 Å². The molecule has 21 heavy (non-hydrogen) atoms. The molecule has 0 radical (unpaired) electrons. The molecule has 1 aromatic rings. The fourth-order valence-corrected chi connectivity index (χ4v) is 2.74. The summed E-state index contributed by atoms with van der Waals surface area (Å²) in [5.74, 6) is 0.860. The van der Waals surface area contributed by atoms with Crippen molar-refractivity contribution in [2.75, 3.05) is 38.1 Å². The maximum absolute atomic E-state index is 5.47. The van der Waals surface area contributed by atoms with E-state index in [0.717, 1.165) is 30.9 Å². The van der Waals surface area contributed by atoms with E-state index in [0.29, 0.717) is 11.7 Å². The number of likely N-dealkylation sites (tertiary alicyclic amines) is 1. The summed E-state index contributed by atoms with van der Waals surface area (Å²) in [6.45, 7) is 7.23. The largest absolute Gasteiger partial charge is 0.494 e. The van der Waals surface area contributed by atoms with Crippen LogP contribution >= 0.6 is 12.2 Å². The number of ether oxygens (including phenoxy) is 1. The first-order valence-corrected chi connectivity index (χ1v) is 8.19. The summed E-state index contributed by atoms with van der Waals surface area (Å²) in [5.41, 5.74) is 0.956. The van der Waals surface area contributed by atoms with Gasteiger partial charge < -0.3 is 20.3 Å². The highest BCUT2D eigenvalue weighted by Gasteiger charge is 2.10. The Morgan fingerprint density at radius 3 is 2.90 bits per heavy atom. The van der Waals surface area contributed by atoms with Gasteiger partial charge in [-0.15, -0.1) is 0 Å². The Hall–Kier alpha value is -1.33. The molecule has 0 amide bonds. The molecule has 0 unspecified atom stereocenters. The smallest absolute Gasteiger partial charge is 0.170 e. The van der Waals surface area contributed by atoms with Crippen LogP contribution < -0.4 is 15.4 Å². The second-order valence-corrected chi connectivity index (χ2v) is 5.65. The van der Waals surface area contributed by atoms with E-state index in [1.54, 1.807) is 0 Å². The normalized spacial score (nSPS) is 14.9. The van der Waals surface area contributed by atoms with Crippen molar-refractivity contribution in [3.05, 3.63) is 24.3 Å². The Morgan fingerprint density at radius 1 is 1.33 bits per heavy atom. The van der Waals surface area contributed by atoms with Crippen molar-refractivity contribution in [2.24, 2.45) is 0 Å². The highest BCUT2D eigenvalue weighted by Crippen LogP contribution is 2.17. The molecule has 1 aliphatic rings. The lowest BCUT2D eigenvalue weighted by atomic mass is 10.3.